The molecule has 0 unspecified atom stereocenters. The Hall–Kier alpha value is -0.120. The van der Waals surface area contributed by atoms with E-state index in [-0.39, 0.29) is 11.1 Å². The first kappa shape index (κ1) is 12.9. The van der Waals surface area contributed by atoms with Crippen LogP contribution < -0.4 is 5.32 Å². The molecule has 1 N–H and O–H groups in total. The smallest absolute Gasteiger partial charge is 0.0902 e. The largest absolute Gasteiger partial charge is 0.371 e. The molecule has 1 aliphatic rings. The van der Waals surface area contributed by atoms with Gasteiger partial charge in [-0.25, -0.2) is 0 Å². The van der Waals surface area contributed by atoms with Gasteiger partial charge in [-0.3, -0.25) is 4.90 Å². The molecule has 0 spiro atoms. The zero-order valence-electron chi connectivity index (χ0n) is 10.9. The van der Waals surface area contributed by atoms with Crippen LogP contribution in [-0.4, -0.2) is 49.3 Å². The van der Waals surface area contributed by atoms with Crippen molar-refractivity contribution >= 4 is 0 Å². The number of rotatable bonds is 6. The molecule has 1 fully saturated rings. The molecule has 3 nitrogen and oxygen atoms in total. The van der Waals surface area contributed by atoms with Crippen molar-refractivity contribution in [1.29, 1.82) is 0 Å². The van der Waals surface area contributed by atoms with Crippen LogP contribution in [0.5, 0.6) is 0 Å². The number of ether oxygens (including phenoxy) is 1. The van der Waals surface area contributed by atoms with Gasteiger partial charge in [-0.2, -0.15) is 0 Å². The first-order valence-corrected chi connectivity index (χ1v) is 5.95. The van der Waals surface area contributed by atoms with Crippen molar-refractivity contribution in [2.45, 2.75) is 45.3 Å². The van der Waals surface area contributed by atoms with E-state index in [1.54, 1.807) is 0 Å². The van der Waals surface area contributed by atoms with E-state index in [9.17, 15) is 0 Å². The van der Waals surface area contributed by atoms with Gasteiger partial charge in [-0.15, -0.1) is 0 Å². The van der Waals surface area contributed by atoms with Crippen LogP contribution in [-0.2, 0) is 4.74 Å². The third-order valence-corrected chi connectivity index (χ3v) is 3.77. The molecule has 1 saturated heterocycles. The first-order chi connectivity index (χ1) is 6.90. The molecular formula is C12H26N2O. The standard InChI is InChI=1S/C12H26N2O/c1-6-11(2,3)14(5)7-8-15-12(4)9-13-10-12/h13H,6-10H2,1-5H3. The van der Waals surface area contributed by atoms with Gasteiger partial charge in [-0.1, -0.05) is 6.92 Å². The number of hydrogen-bond acceptors (Lipinski definition) is 3. The molecule has 0 aromatic carbocycles. The molecule has 90 valence electrons. The second-order valence-corrected chi connectivity index (χ2v) is 5.49. The Morgan fingerprint density at radius 1 is 1.40 bits per heavy atom. The molecule has 0 radical (unpaired) electrons. The van der Waals surface area contributed by atoms with Crippen LogP contribution in [0.2, 0.25) is 0 Å². The lowest BCUT2D eigenvalue weighted by molar-refractivity contribution is -0.0758. The summed E-state index contributed by atoms with van der Waals surface area (Å²) in [6.07, 6.45) is 1.17. The van der Waals surface area contributed by atoms with Gasteiger partial charge in [0.05, 0.1) is 12.2 Å². The van der Waals surface area contributed by atoms with E-state index in [0.29, 0.717) is 0 Å². The fourth-order valence-electron chi connectivity index (χ4n) is 1.58. The molecule has 1 aliphatic heterocycles. The van der Waals surface area contributed by atoms with Gasteiger partial charge < -0.3 is 10.1 Å². The van der Waals surface area contributed by atoms with Gasteiger partial charge in [0.1, 0.15) is 0 Å². The van der Waals surface area contributed by atoms with E-state index in [2.05, 4.69) is 45.0 Å². The molecule has 0 amide bonds. The highest BCUT2D eigenvalue weighted by Gasteiger charge is 2.32. The van der Waals surface area contributed by atoms with Crippen molar-refractivity contribution in [3.63, 3.8) is 0 Å². The van der Waals surface area contributed by atoms with Crippen LogP contribution in [0.15, 0.2) is 0 Å². The van der Waals surface area contributed by atoms with E-state index >= 15 is 0 Å². The fourth-order valence-corrected chi connectivity index (χ4v) is 1.58. The van der Waals surface area contributed by atoms with E-state index in [4.69, 9.17) is 4.74 Å². The second kappa shape index (κ2) is 4.81. The molecule has 0 saturated carbocycles. The molecule has 1 rings (SSSR count). The minimum atomic E-state index is 0.0944. The Morgan fingerprint density at radius 3 is 2.40 bits per heavy atom. The Kier molecular flexibility index (Phi) is 4.15. The summed E-state index contributed by atoms with van der Waals surface area (Å²) < 4.78 is 5.87. The molecular weight excluding hydrogens is 188 g/mol. The van der Waals surface area contributed by atoms with Crippen LogP contribution in [0, 0.1) is 0 Å². The fraction of sp³-hybridized carbons (Fsp3) is 1.00. The van der Waals surface area contributed by atoms with E-state index < -0.39 is 0 Å². The molecule has 3 heteroatoms. The van der Waals surface area contributed by atoms with E-state index in [1.165, 1.54) is 6.42 Å². The molecule has 0 aromatic rings. The van der Waals surface area contributed by atoms with Crippen LogP contribution in [0.1, 0.15) is 34.1 Å². The van der Waals surface area contributed by atoms with Crippen molar-refractivity contribution in [2.75, 3.05) is 33.3 Å². The first-order valence-electron chi connectivity index (χ1n) is 5.95. The Morgan fingerprint density at radius 2 is 2.00 bits per heavy atom. The summed E-state index contributed by atoms with van der Waals surface area (Å²) in [4.78, 5) is 2.38. The number of nitrogens with one attached hydrogen (secondary N) is 1. The molecule has 0 aromatic heterocycles. The lowest BCUT2D eigenvalue weighted by atomic mass is 9.99. The molecule has 0 atom stereocenters. The molecule has 1 heterocycles. The monoisotopic (exact) mass is 214 g/mol. The SMILES string of the molecule is CCC(C)(C)N(C)CCOC1(C)CNC1. The van der Waals surface area contributed by atoms with Crippen LogP contribution >= 0.6 is 0 Å². The summed E-state index contributed by atoms with van der Waals surface area (Å²) in [7, 11) is 2.17. The lowest BCUT2D eigenvalue weighted by Crippen LogP contribution is -2.59. The van der Waals surface area contributed by atoms with Crippen LogP contribution in [0.25, 0.3) is 0 Å². The average Bonchev–Trinajstić information content (AvgIpc) is 2.15. The number of nitrogens with zero attached hydrogens (tertiary/aromatic N) is 1. The van der Waals surface area contributed by atoms with Crippen LogP contribution in [0.4, 0.5) is 0 Å². The van der Waals surface area contributed by atoms with Crippen molar-refractivity contribution in [1.82, 2.24) is 10.2 Å². The topological polar surface area (TPSA) is 24.5 Å². The summed E-state index contributed by atoms with van der Waals surface area (Å²) in [6.45, 7) is 12.8. The summed E-state index contributed by atoms with van der Waals surface area (Å²) in [5, 5.41) is 3.24. The van der Waals surface area contributed by atoms with Crippen LogP contribution in [0.3, 0.4) is 0 Å². The Labute approximate surface area is 94.2 Å². The van der Waals surface area contributed by atoms with E-state index in [1.807, 2.05) is 0 Å². The maximum atomic E-state index is 5.87. The summed E-state index contributed by atoms with van der Waals surface area (Å²) in [5.74, 6) is 0. The zero-order chi connectivity index (χ0) is 11.5. The number of likely N-dealkylation sites (N-methyl/N-ethyl adjacent to an activating group) is 1. The van der Waals surface area contributed by atoms with Crippen molar-refractivity contribution in [2.24, 2.45) is 0 Å². The predicted molar refractivity (Wildman–Crippen MR) is 64.2 cm³/mol. The van der Waals surface area contributed by atoms with Gasteiger partial charge >= 0.3 is 0 Å². The quantitative estimate of drug-likeness (QED) is 0.725. The molecule has 0 bridgehead atoms. The maximum absolute atomic E-state index is 5.87. The maximum Gasteiger partial charge on any atom is 0.0902 e. The van der Waals surface area contributed by atoms with Gasteiger partial charge in [0, 0.05) is 25.2 Å². The average molecular weight is 214 g/mol. The highest BCUT2D eigenvalue weighted by atomic mass is 16.5. The lowest BCUT2D eigenvalue weighted by Gasteiger charge is -2.40. The minimum absolute atomic E-state index is 0.0944. The summed E-state index contributed by atoms with van der Waals surface area (Å²) >= 11 is 0. The van der Waals surface area contributed by atoms with Crippen molar-refractivity contribution < 1.29 is 4.74 Å². The van der Waals surface area contributed by atoms with Gasteiger partial charge in [0.2, 0.25) is 0 Å². The third-order valence-electron chi connectivity index (χ3n) is 3.77. The summed E-state index contributed by atoms with van der Waals surface area (Å²) in [5.41, 5.74) is 0.374. The van der Waals surface area contributed by atoms with Crippen molar-refractivity contribution in [3.05, 3.63) is 0 Å². The highest BCUT2D eigenvalue weighted by Crippen LogP contribution is 2.18. The second-order valence-electron chi connectivity index (χ2n) is 5.49. The number of hydrogen-bond donors (Lipinski definition) is 1. The Bertz CT molecular complexity index is 200. The van der Waals surface area contributed by atoms with Gasteiger partial charge in [0.25, 0.3) is 0 Å². The normalized spacial score (nSPS) is 20.4. The van der Waals surface area contributed by atoms with Gasteiger partial charge in [-0.05, 0) is 34.2 Å². The van der Waals surface area contributed by atoms with Gasteiger partial charge in [0.15, 0.2) is 0 Å². The predicted octanol–water partition coefficient (Wildman–Crippen LogP) is 1.49. The van der Waals surface area contributed by atoms with E-state index in [0.717, 1.165) is 26.2 Å². The molecule has 15 heavy (non-hydrogen) atoms. The van der Waals surface area contributed by atoms with Crippen molar-refractivity contribution in [3.8, 4) is 0 Å². The summed E-state index contributed by atoms with van der Waals surface area (Å²) in [6, 6.07) is 0. The minimum Gasteiger partial charge on any atom is -0.371 e. The third kappa shape index (κ3) is 3.44. The zero-order valence-corrected chi connectivity index (χ0v) is 10.9. The highest BCUT2D eigenvalue weighted by molar-refractivity contribution is 4.90. The molecule has 0 aliphatic carbocycles. The Balaban J connectivity index is 2.19.